The molecule has 7 heteroatoms. The molecule has 4 heterocycles. The van der Waals surface area contributed by atoms with Crippen LogP contribution in [0, 0.1) is 27.7 Å². The number of fused-ring (bicyclic) bond motifs is 3. The lowest BCUT2D eigenvalue weighted by Crippen LogP contribution is -2.51. The first kappa shape index (κ1) is 30.3. The van der Waals surface area contributed by atoms with Crippen molar-refractivity contribution in [2.75, 3.05) is 0 Å². The summed E-state index contributed by atoms with van der Waals surface area (Å²) in [5.74, 6) is 3.08. The van der Waals surface area contributed by atoms with Gasteiger partial charge in [-0.2, -0.15) is 0 Å². The zero-order valence-corrected chi connectivity index (χ0v) is 27.8. The van der Waals surface area contributed by atoms with E-state index in [0.717, 1.165) is 95.5 Å². The van der Waals surface area contributed by atoms with E-state index in [1.165, 1.54) is 0 Å². The van der Waals surface area contributed by atoms with Gasteiger partial charge in [-0.25, -0.2) is 0 Å². The summed E-state index contributed by atoms with van der Waals surface area (Å²) >= 11 is 0. The summed E-state index contributed by atoms with van der Waals surface area (Å²) in [6.07, 6.45) is 7.27. The third-order valence-corrected chi connectivity index (χ3v) is 9.06. The molecule has 0 aliphatic carbocycles. The highest BCUT2D eigenvalue weighted by atomic mass is 16.5. The first-order chi connectivity index (χ1) is 23.9. The van der Waals surface area contributed by atoms with Gasteiger partial charge in [-0.1, -0.05) is 47.3 Å². The minimum Gasteiger partial charge on any atom is -0.457 e. The molecule has 0 saturated heterocycles. The maximum absolute atomic E-state index is 6.58. The third kappa shape index (κ3) is 5.96. The lowest BCUT2D eigenvalue weighted by atomic mass is 9.42. The molecule has 1 aliphatic heterocycles. The minimum absolute atomic E-state index is 0.189. The highest BCUT2D eigenvalue weighted by Gasteiger charge is 2.36. The smallest absolute Gasteiger partial charge is 0.291 e. The van der Waals surface area contributed by atoms with E-state index < -0.39 is 0 Å². The van der Waals surface area contributed by atoms with Crippen LogP contribution in [0.15, 0.2) is 128 Å². The molecule has 7 aromatic rings. The van der Waals surface area contributed by atoms with Crippen molar-refractivity contribution >= 4 is 23.4 Å². The molecular weight excluding hydrogens is 603 g/mol. The number of hydrogen-bond acceptors (Lipinski definition) is 6. The van der Waals surface area contributed by atoms with Crippen molar-refractivity contribution in [3.05, 3.63) is 150 Å². The molecule has 3 aromatic heterocycles. The standard InChI is InChI=1S/C42H33BN4O2/c1-26-14-18-44-38(20-26)30-8-6-28(3)40(22-30)48-32-10-12-34-35-13-11-33(25-37(35)43(36(34)24-32)42-46-16-5-17-47-42)49-41-23-31(9-7-29(41)4)39-21-27(2)15-19-45-39/h5-25H,1-4H3. The van der Waals surface area contributed by atoms with E-state index in [1.807, 2.05) is 42.7 Å². The Labute approximate surface area is 286 Å². The van der Waals surface area contributed by atoms with Crippen molar-refractivity contribution in [2.24, 2.45) is 0 Å². The van der Waals surface area contributed by atoms with Gasteiger partial charge in [0.15, 0.2) is 0 Å². The highest BCUT2D eigenvalue weighted by Crippen LogP contribution is 2.35. The van der Waals surface area contributed by atoms with Gasteiger partial charge in [0.05, 0.1) is 17.1 Å². The van der Waals surface area contributed by atoms with E-state index in [2.05, 4.69) is 110 Å². The first-order valence-corrected chi connectivity index (χ1v) is 16.4. The largest absolute Gasteiger partial charge is 0.457 e. The van der Waals surface area contributed by atoms with Crippen LogP contribution < -0.4 is 26.1 Å². The Balaban J connectivity index is 1.14. The van der Waals surface area contributed by atoms with E-state index in [9.17, 15) is 0 Å². The Kier molecular flexibility index (Phi) is 7.73. The summed E-state index contributed by atoms with van der Waals surface area (Å²) in [6, 6.07) is 35.1. The number of pyridine rings is 2. The van der Waals surface area contributed by atoms with Gasteiger partial charge in [-0.3, -0.25) is 19.9 Å². The average molecular weight is 637 g/mol. The van der Waals surface area contributed by atoms with Gasteiger partial charge < -0.3 is 9.47 Å². The van der Waals surface area contributed by atoms with Crippen molar-refractivity contribution in [3.8, 4) is 56.6 Å². The third-order valence-electron chi connectivity index (χ3n) is 9.06. The summed E-state index contributed by atoms with van der Waals surface area (Å²) < 4.78 is 13.2. The van der Waals surface area contributed by atoms with Crippen molar-refractivity contribution < 1.29 is 9.47 Å². The Hall–Kier alpha value is -6.08. The molecule has 6 nitrogen and oxygen atoms in total. The first-order valence-electron chi connectivity index (χ1n) is 16.4. The summed E-state index contributed by atoms with van der Waals surface area (Å²) in [7, 11) is 0. The van der Waals surface area contributed by atoms with Gasteiger partial charge in [0.25, 0.3) is 6.71 Å². The number of aryl methyl sites for hydroxylation is 4. The predicted molar refractivity (Wildman–Crippen MR) is 197 cm³/mol. The van der Waals surface area contributed by atoms with Gasteiger partial charge in [-0.05, 0) is 128 Å². The molecule has 0 atom stereocenters. The number of aromatic nitrogens is 4. The molecule has 0 amide bonds. The van der Waals surface area contributed by atoms with E-state index in [1.54, 1.807) is 12.4 Å². The quantitative estimate of drug-likeness (QED) is 0.166. The van der Waals surface area contributed by atoms with Crippen LogP contribution in [-0.2, 0) is 0 Å². The SMILES string of the molecule is Cc1ccnc(-c2ccc(C)c(Oc3ccc4c(c3)B(c3ncccn3)c3cc(Oc5cc(-c6cc(C)ccn6)ccc5C)ccc3-4)c2)c1. The average Bonchev–Trinajstić information content (AvgIpc) is 3.43. The van der Waals surface area contributed by atoms with Crippen LogP contribution in [0.1, 0.15) is 22.3 Å². The van der Waals surface area contributed by atoms with Crippen molar-refractivity contribution in [1.29, 1.82) is 0 Å². The number of rotatable bonds is 7. The van der Waals surface area contributed by atoms with E-state index >= 15 is 0 Å². The second-order valence-corrected chi connectivity index (χ2v) is 12.6. The summed E-state index contributed by atoms with van der Waals surface area (Å²) in [5, 5.41) is 0. The Morgan fingerprint density at radius 3 is 1.43 bits per heavy atom. The zero-order valence-electron chi connectivity index (χ0n) is 27.8. The molecule has 8 rings (SSSR count). The predicted octanol–water partition coefficient (Wildman–Crippen LogP) is 7.92. The monoisotopic (exact) mass is 636 g/mol. The molecule has 0 radical (unpaired) electrons. The maximum Gasteiger partial charge on any atom is 0.291 e. The molecule has 0 fully saturated rings. The lowest BCUT2D eigenvalue weighted by Gasteiger charge is -2.14. The molecule has 1 aliphatic rings. The fourth-order valence-corrected chi connectivity index (χ4v) is 6.46. The number of benzene rings is 4. The minimum atomic E-state index is -0.189. The summed E-state index contributed by atoms with van der Waals surface area (Å²) in [4.78, 5) is 18.6. The zero-order chi connectivity index (χ0) is 33.5. The van der Waals surface area contributed by atoms with Crippen LogP contribution in [0.2, 0.25) is 0 Å². The van der Waals surface area contributed by atoms with Gasteiger partial charge in [0.1, 0.15) is 23.0 Å². The fraction of sp³-hybridized carbons (Fsp3) is 0.0952. The Morgan fingerprint density at radius 2 is 0.959 bits per heavy atom. The molecular formula is C42H33BN4O2. The lowest BCUT2D eigenvalue weighted by molar-refractivity contribution is 0.479. The van der Waals surface area contributed by atoms with Crippen LogP contribution in [-0.4, -0.2) is 26.6 Å². The Bertz CT molecular complexity index is 2210. The molecule has 0 saturated carbocycles. The van der Waals surface area contributed by atoms with E-state index in [4.69, 9.17) is 19.4 Å². The van der Waals surface area contributed by atoms with Gasteiger partial charge in [-0.15, -0.1) is 0 Å². The van der Waals surface area contributed by atoms with Gasteiger partial charge >= 0.3 is 0 Å². The fourth-order valence-electron chi connectivity index (χ4n) is 6.46. The molecule has 49 heavy (non-hydrogen) atoms. The number of hydrogen-bond donors (Lipinski definition) is 0. The molecule has 0 spiro atoms. The second-order valence-electron chi connectivity index (χ2n) is 12.6. The molecule has 0 bridgehead atoms. The number of ether oxygens (including phenoxy) is 2. The van der Waals surface area contributed by atoms with Crippen molar-refractivity contribution in [1.82, 2.24) is 19.9 Å². The maximum atomic E-state index is 6.58. The number of nitrogens with zero attached hydrogens (tertiary/aromatic N) is 4. The topological polar surface area (TPSA) is 70.0 Å². The summed E-state index contributed by atoms with van der Waals surface area (Å²) in [6.45, 7) is 8.08. The second kappa shape index (κ2) is 12.5. The van der Waals surface area contributed by atoms with Crippen molar-refractivity contribution in [3.63, 3.8) is 0 Å². The van der Waals surface area contributed by atoms with Crippen LogP contribution in [0.4, 0.5) is 0 Å². The van der Waals surface area contributed by atoms with Gasteiger partial charge in [0.2, 0.25) is 0 Å². The van der Waals surface area contributed by atoms with Crippen LogP contribution in [0.25, 0.3) is 33.6 Å². The van der Waals surface area contributed by atoms with Crippen LogP contribution in [0.5, 0.6) is 23.0 Å². The molecule has 236 valence electrons. The van der Waals surface area contributed by atoms with E-state index in [0.29, 0.717) is 0 Å². The van der Waals surface area contributed by atoms with Gasteiger partial charge in [0, 0.05) is 35.9 Å². The molecule has 0 N–H and O–H groups in total. The molecule has 0 unspecified atom stereocenters. The highest BCUT2D eigenvalue weighted by molar-refractivity contribution is 6.98. The van der Waals surface area contributed by atoms with Crippen molar-refractivity contribution in [2.45, 2.75) is 27.7 Å². The van der Waals surface area contributed by atoms with E-state index in [-0.39, 0.29) is 6.71 Å². The molecule has 4 aromatic carbocycles. The summed E-state index contributed by atoms with van der Waals surface area (Å²) in [5.41, 5.74) is 13.4. The Morgan fingerprint density at radius 1 is 0.469 bits per heavy atom. The normalized spacial score (nSPS) is 11.6. The van der Waals surface area contributed by atoms with Crippen LogP contribution in [0.3, 0.4) is 0 Å². The van der Waals surface area contributed by atoms with Crippen LogP contribution >= 0.6 is 0 Å².